The topological polar surface area (TPSA) is 16.1 Å². The van der Waals surface area contributed by atoms with Crippen LogP contribution >= 0.6 is 31.9 Å². The van der Waals surface area contributed by atoms with Crippen molar-refractivity contribution in [1.29, 1.82) is 0 Å². The molecule has 2 nitrogen and oxygen atoms in total. The van der Waals surface area contributed by atoms with Crippen molar-refractivity contribution in [2.45, 2.75) is 6.43 Å². The Labute approximate surface area is 104 Å². The first-order valence-corrected chi connectivity index (χ1v) is 6.25. The zero-order valence-electron chi connectivity index (χ0n) is 7.84. The second kappa shape index (κ2) is 6.37. The minimum absolute atomic E-state index is 0.270. The molecule has 15 heavy (non-hydrogen) atoms. The Morgan fingerprint density at radius 2 is 2.20 bits per heavy atom. The molecule has 0 bridgehead atoms. The van der Waals surface area contributed by atoms with Crippen LogP contribution in [0, 0.1) is 0 Å². The molecule has 0 saturated heterocycles. The van der Waals surface area contributed by atoms with Crippen LogP contribution in [0.4, 0.5) is 14.5 Å². The summed E-state index contributed by atoms with van der Waals surface area (Å²) in [6.07, 6.45) is 0.846. The number of halogens is 4. The molecule has 0 aliphatic carbocycles. The fraction of sp³-hybridized carbons (Fsp3) is 0.444. The van der Waals surface area contributed by atoms with Gasteiger partial charge in [0.1, 0.15) is 0 Å². The van der Waals surface area contributed by atoms with Crippen molar-refractivity contribution < 1.29 is 8.78 Å². The molecule has 1 aromatic rings. The average molecular weight is 344 g/mol. The van der Waals surface area contributed by atoms with E-state index in [4.69, 9.17) is 0 Å². The molecule has 1 heterocycles. The van der Waals surface area contributed by atoms with E-state index in [0.717, 1.165) is 10.2 Å². The van der Waals surface area contributed by atoms with E-state index in [-0.39, 0.29) is 6.54 Å². The maximum atomic E-state index is 12.3. The monoisotopic (exact) mass is 342 g/mol. The minimum atomic E-state index is -2.34. The van der Waals surface area contributed by atoms with Crippen LogP contribution < -0.4 is 4.90 Å². The van der Waals surface area contributed by atoms with Crippen LogP contribution in [0.5, 0.6) is 0 Å². The molecule has 0 aliphatic rings. The predicted octanol–water partition coefficient (Wildman–Crippen LogP) is 3.31. The number of rotatable bonds is 5. The lowest BCUT2D eigenvalue weighted by Gasteiger charge is -2.24. The van der Waals surface area contributed by atoms with Crippen molar-refractivity contribution >= 4 is 37.5 Å². The summed E-state index contributed by atoms with van der Waals surface area (Å²) in [5.74, 6) is 0. The van der Waals surface area contributed by atoms with Crippen molar-refractivity contribution in [1.82, 2.24) is 4.98 Å². The third-order valence-electron chi connectivity index (χ3n) is 1.80. The second-order valence-corrected chi connectivity index (χ2v) is 4.50. The van der Waals surface area contributed by atoms with Crippen LogP contribution in [0.25, 0.3) is 0 Å². The Hall–Kier alpha value is -0.230. The zero-order valence-corrected chi connectivity index (χ0v) is 11.0. The van der Waals surface area contributed by atoms with Crippen molar-refractivity contribution in [3.63, 3.8) is 0 Å². The first kappa shape index (κ1) is 12.8. The van der Waals surface area contributed by atoms with E-state index >= 15 is 0 Å². The quantitative estimate of drug-likeness (QED) is 0.762. The molecule has 0 spiro atoms. The average Bonchev–Trinajstić information content (AvgIpc) is 2.17. The molecule has 0 radical (unpaired) electrons. The van der Waals surface area contributed by atoms with Crippen LogP contribution in [0.2, 0.25) is 0 Å². The van der Waals surface area contributed by atoms with Gasteiger partial charge in [-0.3, -0.25) is 4.98 Å². The van der Waals surface area contributed by atoms with E-state index in [0.29, 0.717) is 11.9 Å². The van der Waals surface area contributed by atoms with Gasteiger partial charge in [0.05, 0.1) is 16.7 Å². The number of nitrogens with zero attached hydrogens (tertiary/aromatic N) is 2. The predicted molar refractivity (Wildman–Crippen MR) is 63.9 cm³/mol. The SMILES string of the molecule is FC(F)CN(CCBr)c1ccncc1Br. The van der Waals surface area contributed by atoms with Gasteiger partial charge in [-0.1, -0.05) is 15.9 Å². The Balaban J connectivity index is 2.83. The van der Waals surface area contributed by atoms with Crippen molar-refractivity contribution in [2.24, 2.45) is 0 Å². The van der Waals surface area contributed by atoms with Gasteiger partial charge in [0.15, 0.2) is 0 Å². The Morgan fingerprint density at radius 1 is 1.47 bits per heavy atom. The fourth-order valence-corrected chi connectivity index (χ4v) is 2.13. The number of alkyl halides is 3. The molecule has 0 aliphatic heterocycles. The van der Waals surface area contributed by atoms with Crippen molar-refractivity contribution in [3.05, 3.63) is 22.9 Å². The molecule has 0 saturated carbocycles. The largest absolute Gasteiger partial charge is 0.364 e. The zero-order chi connectivity index (χ0) is 11.3. The molecule has 1 rings (SSSR count). The fourth-order valence-electron chi connectivity index (χ4n) is 1.20. The minimum Gasteiger partial charge on any atom is -0.364 e. The maximum absolute atomic E-state index is 12.3. The highest BCUT2D eigenvalue weighted by Gasteiger charge is 2.14. The third kappa shape index (κ3) is 4.03. The third-order valence-corrected chi connectivity index (χ3v) is 2.77. The number of hydrogen-bond acceptors (Lipinski definition) is 2. The van der Waals surface area contributed by atoms with E-state index < -0.39 is 6.43 Å². The van der Waals surface area contributed by atoms with Gasteiger partial charge in [-0.25, -0.2) is 8.78 Å². The summed E-state index contributed by atoms with van der Waals surface area (Å²) in [7, 11) is 0. The summed E-state index contributed by atoms with van der Waals surface area (Å²) in [6, 6.07) is 1.72. The highest BCUT2D eigenvalue weighted by molar-refractivity contribution is 9.10. The normalized spacial score (nSPS) is 10.7. The summed E-state index contributed by atoms with van der Waals surface area (Å²) in [5.41, 5.74) is 0.741. The molecule has 0 aromatic carbocycles. The lowest BCUT2D eigenvalue weighted by molar-refractivity contribution is 0.155. The Morgan fingerprint density at radius 3 is 2.73 bits per heavy atom. The van der Waals surface area contributed by atoms with E-state index in [1.165, 1.54) is 0 Å². The Kier molecular flexibility index (Phi) is 5.45. The van der Waals surface area contributed by atoms with Crippen LogP contribution in [-0.4, -0.2) is 29.8 Å². The molecule has 0 amide bonds. The highest BCUT2D eigenvalue weighted by atomic mass is 79.9. The summed E-state index contributed by atoms with van der Waals surface area (Å²) >= 11 is 6.54. The first-order chi connectivity index (χ1) is 7.15. The van der Waals surface area contributed by atoms with Gasteiger partial charge in [-0.05, 0) is 22.0 Å². The van der Waals surface area contributed by atoms with Crippen molar-refractivity contribution in [2.75, 3.05) is 23.3 Å². The van der Waals surface area contributed by atoms with Gasteiger partial charge in [-0.15, -0.1) is 0 Å². The van der Waals surface area contributed by atoms with Gasteiger partial charge < -0.3 is 4.90 Å². The summed E-state index contributed by atoms with van der Waals surface area (Å²) in [6.45, 7) is 0.265. The molecule has 0 atom stereocenters. The molecule has 0 N–H and O–H groups in total. The van der Waals surface area contributed by atoms with Gasteiger partial charge in [0, 0.05) is 24.3 Å². The van der Waals surface area contributed by atoms with Crippen LogP contribution in [0.3, 0.4) is 0 Å². The van der Waals surface area contributed by atoms with Crippen LogP contribution in [0.1, 0.15) is 0 Å². The molecule has 1 aromatic heterocycles. The van der Waals surface area contributed by atoms with Gasteiger partial charge in [-0.2, -0.15) is 0 Å². The molecule has 0 fully saturated rings. The van der Waals surface area contributed by atoms with E-state index in [9.17, 15) is 8.78 Å². The van der Waals surface area contributed by atoms with Crippen LogP contribution in [-0.2, 0) is 0 Å². The maximum Gasteiger partial charge on any atom is 0.255 e. The highest BCUT2D eigenvalue weighted by Crippen LogP contribution is 2.25. The van der Waals surface area contributed by atoms with Crippen LogP contribution in [0.15, 0.2) is 22.9 Å². The number of hydrogen-bond donors (Lipinski definition) is 0. The number of pyridine rings is 1. The summed E-state index contributed by atoms with van der Waals surface area (Å²) < 4.78 is 25.4. The van der Waals surface area contributed by atoms with E-state index in [1.54, 1.807) is 23.4 Å². The smallest absolute Gasteiger partial charge is 0.255 e. The standard InChI is InChI=1S/C9H10Br2F2N2/c10-2-4-15(6-9(12)13)8-1-3-14-5-7(8)11/h1,3,5,9H,2,4,6H2. The van der Waals surface area contributed by atoms with Gasteiger partial charge >= 0.3 is 0 Å². The van der Waals surface area contributed by atoms with E-state index in [2.05, 4.69) is 36.8 Å². The summed E-state index contributed by atoms with van der Waals surface area (Å²) in [4.78, 5) is 5.51. The first-order valence-electron chi connectivity index (χ1n) is 4.33. The lowest BCUT2D eigenvalue weighted by atomic mass is 10.3. The Bertz CT molecular complexity index is 310. The van der Waals surface area contributed by atoms with Gasteiger partial charge in [0.2, 0.25) is 0 Å². The lowest BCUT2D eigenvalue weighted by Crippen LogP contribution is -2.30. The second-order valence-electron chi connectivity index (χ2n) is 2.85. The molecular formula is C9H10Br2F2N2. The molecule has 0 unspecified atom stereocenters. The molecule has 84 valence electrons. The molecular weight excluding hydrogens is 334 g/mol. The van der Waals surface area contributed by atoms with Crippen molar-refractivity contribution in [3.8, 4) is 0 Å². The number of anilines is 1. The molecule has 6 heteroatoms. The van der Waals surface area contributed by atoms with E-state index in [1.807, 2.05) is 0 Å². The van der Waals surface area contributed by atoms with Gasteiger partial charge in [0.25, 0.3) is 6.43 Å². The number of aromatic nitrogens is 1. The summed E-state index contributed by atoms with van der Waals surface area (Å²) in [5, 5.41) is 0.647.